The zero-order valence-electron chi connectivity index (χ0n) is 10.9. The molecule has 0 aliphatic rings. The lowest BCUT2D eigenvalue weighted by Gasteiger charge is -2.10. The lowest BCUT2D eigenvalue weighted by atomic mass is 10.3. The van der Waals surface area contributed by atoms with Crippen LogP contribution >= 0.6 is 0 Å². The van der Waals surface area contributed by atoms with Gasteiger partial charge in [-0.25, -0.2) is 4.39 Å². The lowest BCUT2D eigenvalue weighted by molar-refractivity contribution is -0.115. The predicted octanol–water partition coefficient (Wildman–Crippen LogP) is 1.31. The zero-order chi connectivity index (χ0) is 13.4. The molecule has 1 amide bonds. The quantitative estimate of drug-likeness (QED) is 0.720. The number of hydrogen-bond acceptors (Lipinski definition) is 3. The second-order valence-corrected chi connectivity index (χ2v) is 4.36. The van der Waals surface area contributed by atoms with Crippen molar-refractivity contribution in [2.24, 2.45) is 0 Å². The highest BCUT2D eigenvalue weighted by Gasteiger charge is 2.05. The molecule has 0 heterocycles. The molecule has 0 fully saturated rings. The van der Waals surface area contributed by atoms with E-state index in [0.29, 0.717) is 0 Å². The van der Waals surface area contributed by atoms with E-state index in [4.69, 9.17) is 0 Å². The summed E-state index contributed by atoms with van der Waals surface area (Å²) < 4.78 is 13.2. The van der Waals surface area contributed by atoms with E-state index in [0.717, 1.165) is 19.5 Å². The maximum absolute atomic E-state index is 13.2. The molecular weight excluding hydrogens is 233 g/mol. The number of carbonyl (C=O) groups excluding carboxylic acids is 1. The minimum absolute atomic E-state index is 0.196. The van der Waals surface area contributed by atoms with Gasteiger partial charge in [0.1, 0.15) is 5.82 Å². The van der Waals surface area contributed by atoms with Gasteiger partial charge in [0.2, 0.25) is 5.91 Å². The molecule has 0 aromatic heterocycles. The molecule has 1 rings (SSSR count). The molecular formula is C13H20FN3O. The van der Waals surface area contributed by atoms with E-state index in [1.54, 1.807) is 18.2 Å². The van der Waals surface area contributed by atoms with Gasteiger partial charge in [0.05, 0.1) is 12.2 Å². The minimum atomic E-state index is -0.418. The number of benzene rings is 1. The first-order valence-corrected chi connectivity index (χ1v) is 5.99. The number of anilines is 1. The van der Waals surface area contributed by atoms with Crippen molar-refractivity contribution in [1.29, 1.82) is 0 Å². The molecule has 0 atom stereocenters. The van der Waals surface area contributed by atoms with Crippen LogP contribution in [0.1, 0.15) is 6.42 Å². The fourth-order valence-electron chi connectivity index (χ4n) is 1.48. The van der Waals surface area contributed by atoms with Crippen LogP contribution in [0, 0.1) is 5.82 Å². The van der Waals surface area contributed by atoms with E-state index in [-0.39, 0.29) is 18.1 Å². The van der Waals surface area contributed by atoms with Crippen LogP contribution < -0.4 is 10.6 Å². The van der Waals surface area contributed by atoms with Gasteiger partial charge in [0, 0.05) is 0 Å². The number of carbonyl (C=O) groups is 1. The summed E-state index contributed by atoms with van der Waals surface area (Å²) in [5, 5.41) is 5.54. The average Bonchev–Trinajstić information content (AvgIpc) is 2.31. The van der Waals surface area contributed by atoms with Crippen LogP contribution in [0.2, 0.25) is 0 Å². The first kappa shape index (κ1) is 14.6. The van der Waals surface area contributed by atoms with Crippen molar-refractivity contribution >= 4 is 11.6 Å². The fourth-order valence-corrected chi connectivity index (χ4v) is 1.48. The van der Waals surface area contributed by atoms with Crippen LogP contribution in [0.5, 0.6) is 0 Å². The molecule has 1 aromatic rings. The maximum Gasteiger partial charge on any atom is 0.238 e. The normalized spacial score (nSPS) is 10.7. The Balaban J connectivity index is 2.20. The Bertz CT molecular complexity index is 382. The number of nitrogens with zero attached hydrogens (tertiary/aromatic N) is 1. The van der Waals surface area contributed by atoms with Crippen LogP contribution in [0.3, 0.4) is 0 Å². The molecule has 0 radical (unpaired) electrons. The van der Waals surface area contributed by atoms with Gasteiger partial charge in [-0.3, -0.25) is 4.79 Å². The van der Waals surface area contributed by atoms with Gasteiger partial charge in [0.25, 0.3) is 0 Å². The van der Waals surface area contributed by atoms with E-state index >= 15 is 0 Å². The Hall–Kier alpha value is -1.46. The number of para-hydroxylation sites is 1. The van der Waals surface area contributed by atoms with Gasteiger partial charge < -0.3 is 15.5 Å². The SMILES string of the molecule is CN(C)CCCNCC(=O)Nc1ccccc1F. The summed E-state index contributed by atoms with van der Waals surface area (Å²) in [6.45, 7) is 1.94. The van der Waals surface area contributed by atoms with Gasteiger partial charge in [-0.05, 0) is 45.7 Å². The highest BCUT2D eigenvalue weighted by atomic mass is 19.1. The monoisotopic (exact) mass is 253 g/mol. The van der Waals surface area contributed by atoms with Crippen molar-refractivity contribution in [3.63, 3.8) is 0 Å². The third-order valence-corrected chi connectivity index (χ3v) is 2.39. The van der Waals surface area contributed by atoms with Crippen LogP contribution in [0.15, 0.2) is 24.3 Å². The summed E-state index contributed by atoms with van der Waals surface area (Å²) in [7, 11) is 4.01. The average molecular weight is 253 g/mol. The Labute approximate surface area is 107 Å². The Morgan fingerprint density at radius 1 is 1.33 bits per heavy atom. The zero-order valence-corrected chi connectivity index (χ0v) is 10.9. The number of hydrogen-bond donors (Lipinski definition) is 2. The fraction of sp³-hybridized carbons (Fsp3) is 0.462. The van der Waals surface area contributed by atoms with Crippen molar-refractivity contribution in [1.82, 2.24) is 10.2 Å². The minimum Gasteiger partial charge on any atom is -0.322 e. The summed E-state index contributed by atoms with van der Waals surface area (Å²) in [5.74, 6) is -0.650. The number of rotatable bonds is 7. The number of amides is 1. The maximum atomic E-state index is 13.2. The lowest BCUT2D eigenvalue weighted by Crippen LogP contribution is -2.30. The number of nitrogens with one attached hydrogen (secondary N) is 2. The van der Waals surface area contributed by atoms with Crippen LogP contribution in [-0.4, -0.2) is 44.5 Å². The van der Waals surface area contributed by atoms with Crippen molar-refractivity contribution in [2.75, 3.05) is 39.0 Å². The highest BCUT2D eigenvalue weighted by molar-refractivity contribution is 5.92. The first-order valence-electron chi connectivity index (χ1n) is 5.99. The summed E-state index contributed by atoms with van der Waals surface area (Å²) >= 11 is 0. The molecule has 18 heavy (non-hydrogen) atoms. The van der Waals surface area contributed by atoms with Crippen LogP contribution in [0.25, 0.3) is 0 Å². The van der Waals surface area contributed by atoms with Gasteiger partial charge in [-0.15, -0.1) is 0 Å². The van der Waals surface area contributed by atoms with Gasteiger partial charge in [-0.1, -0.05) is 12.1 Å². The first-order chi connectivity index (χ1) is 8.59. The second kappa shape index (κ2) is 7.79. The van der Waals surface area contributed by atoms with Crippen LogP contribution in [0.4, 0.5) is 10.1 Å². The van der Waals surface area contributed by atoms with Gasteiger partial charge >= 0.3 is 0 Å². The topological polar surface area (TPSA) is 44.4 Å². The summed E-state index contributed by atoms with van der Waals surface area (Å²) in [6, 6.07) is 6.13. The van der Waals surface area contributed by atoms with Crippen molar-refractivity contribution < 1.29 is 9.18 Å². The number of halogens is 1. The third kappa shape index (κ3) is 5.75. The molecule has 4 nitrogen and oxygen atoms in total. The standard InChI is InChI=1S/C13H20FN3O/c1-17(2)9-5-8-15-10-13(18)16-12-7-4-3-6-11(12)14/h3-4,6-7,15H,5,8-10H2,1-2H3,(H,16,18). The molecule has 0 spiro atoms. The Morgan fingerprint density at radius 3 is 2.72 bits per heavy atom. The molecule has 2 N–H and O–H groups in total. The van der Waals surface area contributed by atoms with Gasteiger partial charge in [0.15, 0.2) is 0 Å². The molecule has 0 unspecified atom stereocenters. The van der Waals surface area contributed by atoms with Crippen LogP contribution in [-0.2, 0) is 4.79 Å². The smallest absolute Gasteiger partial charge is 0.238 e. The van der Waals surface area contributed by atoms with E-state index in [9.17, 15) is 9.18 Å². The highest BCUT2D eigenvalue weighted by Crippen LogP contribution is 2.11. The van der Waals surface area contributed by atoms with Crippen molar-refractivity contribution in [3.05, 3.63) is 30.1 Å². The largest absolute Gasteiger partial charge is 0.322 e. The molecule has 100 valence electrons. The Morgan fingerprint density at radius 2 is 2.06 bits per heavy atom. The summed E-state index contributed by atoms with van der Waals surface area (Å²) in [6.07, 6.45) is 0.972. The Kier molecular flexibility index (Phi) is 6.32. The molecule has 0 saturated heterocycles. The summed E-state index contributed by atoms with van der Waals surface area (Å²) in [5.41, 5.74) is 0.220. The van der Waals surface area contributed by atoms with E-state index in [2.05, 4.69) is 15.5 Å². The predicted molar refractivity (Wildman–Crippen MR) is 71.1 cm³/mol. The molecule has 1 aromatic carbocycles. The molecule has 0 bridgehead atoms. The molecule has 0 aliphatic carbocycles. The third-order valence-electron chi connectivity index (χ3n) is 2.39. The molecule has 0 saturated carbocycles. The second-order valence-electron chi connectivity index (χ2n) is 4.36. The molecule has 5 heteroatoms. The van der Waals surface area contributed by atoms with Crippen molar-refractivity contribution in [2.45, 2.75) is 6.42 Å². The van der Waals surface area contributed by atoms with Gasteiger partial charge in [-0.2, -0.15) is 0 Å². The molecule has 0 aliphatic heterocycles. The van der Waals surface area contributed by atoms with Crippen molar-refractivity contribution in [3.8, 4) is 0 Å². The van der Waals surface area contributed by atoms with E-state index in [1.165, 1.54) is 6.07 Å². The summed E-state index contributed by atoms with van der Waals surface area (Å²) in [4.78, 5) is 13.6. The van der Waals surface area contributed by atoms with E-state index in [1.807, 2.05) is 14.1 Å². The van der Waals surface area contributed by atoms with E-state index < -0.39 is 5.82 Å².